The molecule has 3 rings (SSSR count). The van der Waals surface area contributed by atoms with Crippen molar-refractivity contribution in [2.45, 2.75) is 19.8 Å². The summed E-state index contributed by atoms with van der Waals surface area (Å²) in [5.41, 5.74) is 3.01. The van der Waals surface area contributed by atoms with Crippen LogP contribution >= 0.6 is 11.6 Å². The minimum absolute atomic E-state index is 0.0135. The van der Waals surface area contributed by atoms with Crippen LogP contribution in [-0.2, 0) is 22.4 Å². The van der Waals surface area contributed by atoms with E-state index in [2.05, 4.69) is 22.1 Å². The summed E-state index contributed by atoms with van der Waals surface area (Å²) < 4.78 is 6.46. The number of pyridine rings is 1. The fourth-order valence-corrected chi connectivity index (χ4v) is 2.66. The number of aryl methyl sites for hydroxylation is 1. The number of hydrogen-bond donors (Lipinski definition) is 0. The number of rotatable bonds is 5. The topological polar surface area (TPSA) is 68.3 Å². The molecular formula is C18H17ClN4O2. The van der Waals surface area contributed by atoms with Crippen molar-refractivity contribution in [1.29, 1.82) is 0 Å². The average molecular weight is 357 g/mol. The summed E-state index contributed by atoms with van der Waals surface area (Å²) >= 11 is 6.09. The number of fused-ring (bicyclic) bond motifs is 1. The molecule has 0 atom stereocenters. The normalized spacial score (nSPS) is 11.3. The van der Waals surface area contributed by atoms with E-state index >= 15 is 0 Å². The Balaban J connectivity index is 2.09. The van der Waals surface area contributed by atoms with Crippen LogP contribution in [0.1, 0.15) is 18.2 Å². The highest BCUT2D eigenvalue weighted by Crippen LogP contribution is 2.27. The van der Waals surface area contributed by atoms with Crippen LogP contribution in [0.2, 0.25) is 5.02 Å². The molecule has 2 heterocycles. The van der Waals surface area contributed by atoms with Gasteiger partial charge in [0.2, 0.25) is 0 Å². The van der Waals surface area contributed by atoms with Gasteiger partial charge in [0.25, 0.3) is 0 Å². The van der Waals surface area contributed by atoms with Crippen LogP contribution in [-0.4, -0.2) is 22.5 Å². The van der Waals surface area contributed by atoms with E-state index in [1.54, 1.807) is 22.7 Å². The minimum atomic E-state index is -0.389. The molecule has 0 N–H and O–H groups in total. The molecule has 0 aliphatic rings. The van der Waals surface area contributed by atoms with Crippen molar-refractivity contribution in [2.75, 3.05) is 7.11 Å². The maximum Gasteiger partial charge on any atom is 0.311 e. The van der Waals surface area contributed by atoms with E-state index in [9.17, 15) is 4.79 Å². The number of aromatic nitrogens is 2. The molecule has 2 aromatic heterocycles. The number of azo groups is 1. The van der Waals surface area contributed by atoms with Gasteiger partial charge in [0.05, 0.1) is 29.9 Å². The van der Waals surface area contributed by atoms with Crippen molar-refractivity contribution < 1.29 is 9.53 Å². The number of imidazole rings is 1. The number of benzene rings is 1. The molecule has 0 unspecified atom stereocenters. The summed E-state index contributed by atoms with van der Waals surface area (Å²) in [7, 11) is 1.34. The van der Waals surface area contributed by atoms with Crippen molar-refractivity contribution >= 4 is 34.7 Å². The fraction of sp³-hybridized carbons (Fsp3) is 0.222. The maximum atomic E-state index is 11.7. The van der Waals surface area contributed by atoms with Gasteiger partial charge in [-0.3, -0.25) is 9.20 Å². The van der Waals surface area contributed by atoms with Gasteiger partial charge in [0.1, 0.15) is 5.65 Å². The monoisotopic (exact) mass is 356 g/mol. The molecule has 1 aromatic carbocycles. The first-order valence-electron chi connectivity index (χ1n) is 7.85. The van der Waals surface area contributed by atoms with Crippen LogP contribution < -0.4 is 0 Å². The lowest BCUT2D eigenvalue weighted by atomic mass is 10.1. The van der Waals surface area contributed by atoms with Crippen LogP contribution in [0.4, 0.5) is 11.5 Å². The highest BCUT2D eigenvalue weighted by atomic mass is 35.5. The lowest BCUT2D eigenvalue weighted by molar-refractivity contribution is -0.139. The zero-order chi connectivity index (χ0) is 17.8. The molecule has 0 saturated carbocycles. The summed E-state index contributed by atoms with van der Waals surface area (Å²) in [4.78, 5) is 16.1. The Kier molecular flexibility index (Phi) is 5.09. The summed E-state index contributed by atoms with van der Waals surface area (Å²) in [6.07, 6.45) is 2.56. The van der Waals surface area contributed by atoms with E-state index in [0.29, 0.717) is 22.2 Å². The average Bonchev–Trinajstić information content (AvgIpc) is 2.96. The molecule has 3 aromatic rings. The van der Waals surface area contributed by atoms with Crippen LogP contribution in [0.15, 0.2) is 52.8 Å². The van der Waals surface area contributed by atoms with Gasteiger partial charge in [-0.2, -0.15) is 0 Å². The van der Waals surface area contributed by atoms with E-state index < -0.39 is 0 Å². The third-order valence-corrected chi connectivity index (χ3v) is 4.01. The molecule has 0 saturated heterocycles. The number of hydrogen-bond acceptors (Lipinski definition) is 5. The quantitative estimate of drug-likeness (QED) is 0.492. The zero-order valence-corrected chi connectivity index (χ0v) is 14.7. The molecule has 128 valence electrons. The second kappa shape index (κ2) is 7.44. The Labute approximate surface area is 150 Å². The van der Waals surface area contributed by atoms with Gasteiger partial charge in [-0.05, 0) is 30.2 Å². The van der Waals surface area contributed by atoms with Gasteiger partial charge < -0.3 is 4.74 Å². The van der Waals surface area contributed by atoms with Crippen molar-refractivity contribution in [3.05, 3.63) is 58.9 Å². The van der Waals surface area contributed by atoms with Gasteiger partial charge >= 0.3 is 5.97 Å². The lowest BCUT2D eigenvalue weighted by Gasteiger charge is -2.02. The first-order valence-corrected chi connectivity index (χ1v) is 8.23. The molecule has 0 spiro atoms. The number of ether oxygens (including phenoxy) is 1. The number of carbonyl (C=O) groups is 1. The first-order chi connectivity index (χ1) is 12.1. The number of nitrogens with zero attached hydrogens (tertiary/aromatic N) is 4. The lowest BCUT2D eigenvalue weighted by Crippen LogP contribution is -2.04. The molecule has 0 aliphatic heterocycles. The van der Waals surface area contributed by atoms with Crippen LogP contribution in [0.5, 0.6) is 0 Å². The Morgan fingerprint density at radius 1 is 1.24 bits per heavy atom. The summed E-state index contributed by atoms with van der Waals surface area (Å²) in [6, 6.07) is 11.3. The molecule has 7 heteroatoms. The third kappa shape index (κ3) is 3.69. The number of halogens is 1. The van der Waals surface area contributed by atoms with E-state index in [4.69, 9.17) is 16.3 Å². The van der Waals surface area contributed by atoms with E-state index in [-0.39, 0.29) is 12.4 Å². The molecule has 6 nitrogen and oxygen atoms in total. The number of carbonyl (C=O) groups excluding carboxylic acids is 1. The Morgan fingerprint density at radius 3 is 2.80 bits per heavy atom. The molecule has 0 radical (unpaired) electrons. The number of methoxy groups -OCH3 is 1. The van der Waals surface area contributed by atoms with Crippen molar-refractivity contribution in [2.24, 2.45) is 10.2 Å². The van der Waals surface area contributed by atoms with Crippen molar-refractivity contribution in [1.82, 2.24) is 9.38 Å². The predicted molar refractivity (Wildman–Crippen MR) is 95.9 cm³/mol. The van der Waals surface area contributed by atoms with Gasteiger partial charge in [-0.1, -0.05) is 36.7 Å². The van der Waals surface area contributed by atoms with Crippen LogP contribution in [0, 0.1) is 0 Å². The zero-order valence-electron chi connectivity index (χ0n) is 13.9. The fourth-order valence-electron chi connectivity index (χ4n) is 2.50. The summed E-state index contributed by atoms with van der Waals surface area (Å²) in [5, 5.41) is 9.26. The standard InChI is InChI=1S/C18H17ClN4O2/c1-3-12-6-4-5-7-14(12)21-22-18-15(10-17(24)25-2)20-16-9-8-13(19)11-23(16)18/h4-9,11H,3,10H2,1-2H3. The predicted octanol–water partition coefficient (Wildman–Crippen LogP) is 4.68. The van der Waals surface area contributed by atoms with Gasteiger partial charge in [0.15, 0.2) is 5.82 Å². The second-order valence-corrected chi connectivity index (χ2v) is 5.83. The second-order valence-electron chi connectivity index (χ2n) is 5.39. The van der Waals surface area contributed by atoms with E-state index in [1.165, 1.54) is 7.11 Å². The third-order valence-electron chi connectivity index (χ3n) is 3.79. The smallest absolute Gasteiger partial charge is 0.311 e. The van der Waals surface area contributed by atoms with Crippen LogP contribution in [0.25, 0.3) is 5.65 Å². The van der Waals surface area contributed by atoms with Gasteiger partial charge in [0, 0.05) is 6.20 Å². The molecule has 0 bridgehead atoms. The highest BCUT2D eigenvalue weighted by molar-refractivity contribution is 6.30. The van der Waals surface area contributed by atoms with Gasteiger partial charge in [-0.25, -0.2) is 4.98 Å². The highest BCUT2D eigenvalue weighted by Gasteiger charge is 2.16. The van der Waals surface area contributed by atoms with Crippen molar-refractivity contribution in [3.8, 4) is 0 Å². The number of esters is 1. The molecule has 0 amide bonds. The first kappa shape index (κ1) is 17.1. The van der Waals surface area contributed by atoms with Crippen molar-refractivity contribution in [3.63, 3.8) is 0 Å². The molecular weight excluding hydrogens is 340 g/mol. The van der Waals surface area contributed by atoms with Crippen LogP contribution in [0.3, 0.4) is 0 Å². The Bertz CT molecular complexity index is 949. The largest absolute Gasteiger partial charge is 0.469 e. The summed E-state index contributed by atoms with van der Waals surface area (Å²) in [6.45, 7) is 2.06. The minimum Gasteiger partial charge on any atom is -0.469 e. The van der Waals surface area contributed by atoms with E-state index in [0.717, 1.165) is 17.7 Å². The molecule has 0 fully saturated rings. The SMILES string of the molecule is CCc1ccccc1N=Nc1c(CC(=O)OC)nc2ccc(Cl)cn12. The summed E-state index contributed by atoms with van der Waals surface area (Å²) in [5.74, 6) is 0.0775. The molecule has 0 aliphatic carbocycles. The van der Waals surface area contributed by atoms with E-state index in [1.807, 2.05) is 24.3 Å². The Morgan fingerprint density at radius 2 is 2.04 bits per heavy atom. The maximum absolute atomic E-state index is 11.7. The molecule has 25 heavy (non-hydrogen) atoms. The Hall–Kier alpha value is -2.73. The van der Waals surface area contributed by atoms with Gasteiger partial charge in [-0.15, -0.1) is 10.2 Å².